The predicted molar refractivity (Wildman–Crippen MR) is 111 cm³/mol. The van der Waals surface area contributed by atoms with Crippen LogP contribution in [-0.2, 0) is 16.0 Å². The number of ether oxygens (including phenoxy) is 3. The summed E-state index contributed by atoms with van der Waals surface area (Å²) in [4.78, 5) is 24.3. The zero-order valence-electron chi connectivity index (χ0n) is 16.9. The highest BCUT2D eigenvalue weighted by Gasteiger charge is 2.29. The van der Waals surface area contributed by atoms with E-state index < -0.39 is 0 Å². The van der Waals surface area contributed by atoms with Gasteiger partial charge in [-0.05, 0) is 55.2 Å². The van der Waals surface area contributed by atoms with Gasteiger partial charge in [-0.1, -0.05) is 6.07 Å². The lowest BCUT2D eigenvalue weighted by atomic mass is 10.1. The third kappa shape index (κ3) is 5.40. The maximum atomic E-state index is 12.4. The Morgan fingerprint density at radius 3 is 2.10 bits per heavy atom. The van der Waals surface area contributed by atoms with Gasteiger partial charge in [0.05, 0.1) is 21.3 Å². The van der Waals surface area contributed by atoms with Crippen molar-refractivity contribution in [1.82, 2.24) is 0 Å². The Bertz CT molecular complexity index is 868. The van der Waals surface area contributed by atoms with E-state index in [-0.39, 0.29) is 24.2 Å². The SMILES string of the molecule is COc1cc(CCC(=O)Nc2cccc(NC(=O)C3CC3)c2)cc(OC)c1OC. The first-order chi connectivity index (χ1) is 14.0. The molecule has 0 aliphatic heterocycles. The molecule has 154 valence electrons. The van der Waals surface area contributed by atoms with E-state index in [0.717, 1.165) is 18.4 Å². The van der Waals surface area contributed by atoms with Crippen molar-refractivity contribution in [1.29, 1.82) is 0 Å². The van der Waals surface area contributed by atoms with E-state index >= 15 is 0 Å². The van der Waals surface area contributed by atoms with Crippen molar-refractivity contribution in [2.45, 2.75) is 25.7 Å². The summed E-state index contributed by atoms with van der Waals surface area (Å²) < 4.78 is 16.0. The molecule has 1 aliphatic carbocycles. The molecule has 7 nitrogen and oxygen atoms in total. The minimum absolute atomic E-state index is 0.0378. The summed E-state index contributed by atoms with van der Waals surface area (Å²) in [6.45, 7) is 0. The Kier molecular flexibility index (Phi) is 6.59. The molecule has 0 bridgehead atoms. The molecule has 0 saturated heterocycles. The van der Waals surface area contributed by atoms with Crippen molar-refractivity contribution in [2.24, 2.45) is 5.92 Å². The Labute approximate surface area is 170 Å². The number of carbonyl (C=O) groups excluding carboxylic acids is 2. The Balaban J connectivity index is 1.59. The van der Waals surface area contributed by atoms with Crippen LogP contribution in [0.3, 0.4) is 0 Å². The van der Waals surface area contributed by atoms with Gasteiger partial charge < -0.3 is 24.8 Å². The third-order valence-corrected chi connectivity index (χ3v) is 4.73. The van der Waals surface area contributed by atoms with Crippen molar-refractivity contribution >= 4 is 23.2 Å². The third-order valence-electron chi connectivity index (χ3n) is 4.73. The highest BCUT2D eigenvalue weighted by atomic mass is 16.5. The molecule has 1 fully saturated rings. The molecule has 2 aromatic carbocycles. The smallest absolute Gasteiger partial charge is 0.227 e. The Morgan fingerprint density at radius 2 is 1.55 bits per heavy atom. The second-order valence-electron chi connectivity index (χ2n) is 6.93. The Hall–Kier alpha value is -3.22. The molecule has 7 heteroatoms. The van der Waals surface area contributed by atoms with Gasteiger partial charge in [0.15, 0.2) is 11.5 Å². The molecule has 2 amide bonds. The summed E-state index contributed by atoms with van der Waals surface area (Å²) in [7, 11) is 4.67. The monoisotopic (exact) mass is 398 g/mol. The minimum Gasteiger partial charge on any atom is -0.493 e. The van der Waals surface area contributed by atoms with Gasteiger partial charge >= 0.3 is 0 Å². The first-order valence-electron chi connectivity index (χ1n) is 9.53. The Morgan fingerprint density at radius 1 is 0.931 bits per heavy atom. The average molecular weight is 398 g/mol. The standard InChI is InChI=1S/C22H26N2O5/c1-27-18-11-14(12-19(28-2)21(18)29-3)7-10-20(25)23-16-5-4-6-17(13-16)24-22(26)15-8-9-15/h4-6,11-13,15H,7-10H2,1-3H3,(H,23,25)(H,24,26). The summed E-state index contributed by atoms with van der Waals surface area (Å²) >= 11 is 0. The quantitative estimate of drug-likeness (QED) is 0.674. The summed E-state index contributed by atoms with van der Waals surface area (Å²) in [6.07, 6.45) is 2.70. The zero-order chi connectivity index (χ0) is 20.8. The van der Waals surface area contributed by atoms with Gasteiger partial charge in [0.25, 0.3) is 0 Å². The van der Waals surface area contributed by atoms with Crippen LogP contribution in [0.25, 0.3) is 0 Å². The van der Waals surface area contributed by atoms with Crippen LogP contribution in [0.1, 0.15) is 24.8 Å². The summed E-state index contributed by atoms with van der Waals surface area (Å²) in [5.74, 6) is 1.68. The first kappa shape index (κ1) is 20.5. The van der Waals surface area contributed by atoms with Gasteiger partial charge in [0.1, 0.15) is 0 Å². The molecule has 0 unspecified atom stereocenters. The fourth-order valence-corrected chi connectivity index (χ4v) is 3.03. The summed E-state index contributed by atoms with van der Waals surface area (Å²) in [5.41, 5.74) is 2.23. The fourth-order valence-electron chi connectivity index (χ4n) is 3.03. The molecule has 2 N–H and O–H groups in total. The van der Waals surface area contributed by atoms with Crippen LogP contribution in [0, 0.1) is 5.92 Å². The van der Waals surface area contributed by atoms with Crippen molar-refractivity contribution < 1.29 is 23.8 Å². The van der Waals surface area contributed by atoms with E-state index in [2.05, 4.69) is 10.6 Å². The van der Waals surface area contributed by atoms with Crippen LogP contribution in [0.15, 0.2) is 36.4 Å². The van der Waals surface area contributed by atoms with Crippen LogP contribution >= 0.6 is 0 Å². The largest absolute Gasteiger partial charge is 0.493 e. The summed E-state index contributed by atoms with van der Waals surface area (Å²) in [5, 5.41) is 5.75. The highest BCUT2D eigenvalue weighted by molar-refractivity contribution is 5.96. The molecule has 0 heterocycles. The van der Waals surface area contributed by atoms with Crippen LogP contribution in [-0.4, -0.2) is 33.1 Å². The van der Waals surface area contributed by atoms with Crippen molar-refractivity contribution in [3.63, 3.8) is 0 Å². The number of amides is 2. The van der Waals surface area contributed by atoms with E-state index in [4.69, 9.17) is 14.2 Å². The van der Waals surface area contributed by atoms with E-state index in [9.17, 15) is 9.59 Å². The lowest BCUT2D eigenvalue weighted by molar-refractivity contribution is -0.117. The van der Waals surface area contributed by atoms with Crippen molar-refractivity contribution in [3.05, 3.63) is 42.0 Å². The number of aryl methyl sites for hydroxylation is 1. The number of methoxy groups -OCH3 is 3. The maximum Gasteiger partial charge on any atom is 0.227 e. The normalized spacial score (nSPS) is 12.8. The highest BCUT2D eigenvalue weighted by Crippen LogP contribution is 2.38. The van der Waals surface area contributed by atoms with Gasteiger partial charge in [0, 0.05) is 23.7 Å². The van der Waals surface area contributed by atoms with Crippen LogP contribution in [0.4, 0.5) is 11.4 Å². The molecule has 3 rings (SSSR count). The molecular formula is C22H26N2O5. The predicted octanol–water partition coefficient (Wildman–Crippen LogP) is 3.63. The molecule has 1 aliphatic rings. The summed E-state index contributed by atoms with van der Waals surface area (Å²) in [6, 6.07) is 10.8. The van der Waals surface area contributed by atoms with E-state index in [1.165, 1.54) is 0 Å². The second kappa shape index (κ2) is 9.32. The zero-order valence-corrected chi connectivity index (χ0v) is 16.9. The number of carbonyl (C=O) groups is 2. The van der Waals surface area contributed by atoms with Crippen LogP contribution in [0.5, 0.6) is 17.2 Å². The number of benzene rings is 2. The lowest BCUT2D eigenvalue weighted by Crippen LogP contribution is -2.15. The molecule has 0 atom stereocenters. The molecular weight excluding hydrogens is 372 g/mol. The first-order valence-corrected chi connectivity index (χ1v) is 9.53. The number of hydrogen-bond donors (Lipinski definition) is 2. The molecule has 2 aromatic rings. The molecule has 0 spiro atoms. The lowest BCUT2D eigenvalue weighted by Gasteiger charge is -2.14. The molecule has 29 heavy (non-hydrogen) atoms. The van der Waals surface area contributed by atoms with Gasteiger partial charge in [0.2, 0.25) is 17.6 Å². The van der Waals surface area contributed by atoms with E-state index in [1.54, 1.807) is 39.5 Å². The number of nitrogens with one attached hydrogen (secondary N) is 2. The van der Waals surface area contributed by atoms with Gasteiger partial charge in [-0.25, -0.2) is 0 Å². The molecule has 0 aromatic heterocycles. The maximum absolute atomic E-state index is 12.4. The number of rotatable bonds is 9. The van der Waals surface area contributed by atoms with Gasteiger partial charge in [-0.2, -0.15) is 0 Å². The van der Waals surface area contributed by atoms with Crippen molar-refractivity contribution in [2.75, 3.05) is 32.0 Å². The topological polar surface area (TPSA) is 85.9 Å². The minimum atomic E-state index is -0.121. The van der Waals surface area contributed by atoms with E-state index in [0.29, 0.717) is 35.0 Å². The fraction of sp³-hybridized carbons (Fsp3) is 0.364. The second-order valence-corrected chi connectivity index (χ2v) is 6.93. The number of hydrogen-bond acceptors (Lipinski definition) is 5. The molecule has 1 saturated carbocycles. The van der Waals surface area contributed by atoms with Crippen LogP contribution < -0.4 is 24.8 Å². The average Bonchev–Trinajstić information content (AvgIpc) is 3.57. The van der Waals surface area contributed by atoms with Crippen LogP contribution in [0.2, 0.25) is 0 Å². The van der Waals surface area contributed by atoms with Crippen molar-refractivity contribution in [3.8, 4) is 17.2 Å². The van der Waals surface area contributed by atoms with Gasteiger partial charge in [-0.3, -0.25) is 9.59 Å². The van der Waals surface area contributed by atoms with Gasteiger partial charge in [-0.15, -0.1) is 0 Å². The number of anilines is 2. The molecule has 0 radical (unpaired) electrons. The van der Waals surface area contributed by atoms with E-state index in [1.807, 2.05) is 18.2 Å².